The van der Waals surface area contributed by atoms with Crippen LogP contribution in [-0.4, -0.2) is 67.3 Å². The number of anilines is 1. The number of ether oxygens (including phenoxy) is 3. The van der Waals surface area contributed by atoms with Gasteiger partial charge in [-0.3, -0.25) is 19.5 Å². The smallest absolute Gasteiger partial charge is 0.254 e. The molecule has 4 rings (SSSR count). The Bertz CT molecular complexity index is 1400. The number of nitrogens with one attached hydrogen (secondary N) is 1. The lowest BCUT2D eigenvalue weighted by Crippen LogP contribution is -2.40. The summed E-state index contributed by atoms with van der Waals surface area (Å²) in [7, 11) is 4.67. The van der Waals surface area contributed by atoms with Crippen LogP contribution in [-0.2, 0) is 9.53 Å². The van der Waals surface area contributed by atoms with Crippen LogP contribution in [0.5, 0.6) is 11.5 Å². The molecule has 39 heavy (non-hydrogen) atoms. The lowest BCUT2D eigenvalue weighted by molar-refractivity contribution is -0.117. The third-order valence-corrected chi connectivity index (χ3v) is 6.17. The number of nitrogens with zero attached hydrogens (tertiary/aromatic N) is 3. The number of amides is 2. The quantitative estimate of drug-likeness (QED) is 0.285. The van der Waals surface area contributed by atoms with Gasteiger partial charge in [-0.15, -0.1) is 0 Å². The van der Waals surface area contributed by atoms with E-state index in [9.17, 15) is 9.59 Å². The van der Waals surface area contributed by atoms with E-state index in [1.807, 2.05) is 18.2 Å². The first-order valence-electron chi connectivity index (χ1n) is 12.1. The number of halogens is 1. The van der Waals surface area contributed by atoms with E-state index in [2.05, 4.69) is 10.3 Å². The van der Waals surface area contributed by atoms with Crippen molar-refractivity contribution in [3.8, 4) is 28.4 Å². The van der Waals surface area contributed by atoms with Gasteiger partial charge in [0.1, 0.15) is 18.0 Å². The molecular weight excluding hydrogens is 520 g/mol. The Kier molecular flexibility index (Phi) is 9.19. The van der Waals surface area contributed by atoms with Crippen LogP contribution in [0.4, 0.5) is 5.95 Å². The molecule has 0 saturated heterocycles. The first-order chi connectivity index (χ1) is 18.9. The van der Waals surface area contributed by atoms with Crippen LogP contribution in [0.2, 0.25) is 5.02 Å². The maximum atomic E-state index is 13.3. The van der Waals surface area contributed by atoms with Crippen molar-refractivity contribution in [2.24, 2.45) is 0 Å². The average Bonchev–Trinajstić information content (AvgIpc) is 3.38. The molecule has 0 aliphatic rings. The molecule has 0 aliphatic carbocycles. The van der Waals surface area contributed by atoms with E-state index < -0.39 is 5.91 Å². The predicted octanol–water partition coefficient (Wildman–Crippen LogP) is 4.94. The molecule has 0 bridgehead atoms. The highest BCUT2D eigenvalue weighted by molar-refractivity contribution is 6.30. The summed E-state index contributed by atoms with van der Waals surface area (Å²) >= 11 is 6.07. The monoisotopic (exact) mass is 548 g/mol. The summed E-state index contributed by atoms with van der Waals surface area (Å²) in [5, 5.41) is 3.47. The molecule has 4 aromatic rings. The topological polar surface area (TPSA) is 94.9 Å². The van der Waals surface area contributed by atoms with Gasteiger partial charge in [-0.05, 0) is 24.3 Å². The van der Waals surface area contributed by atoms with E-state index >= 15 is 0 Å². The number of benzene rings is 3. The van der Waals surface area contributed by atoms with Crippen LogP contribution < -0.4 is 14.8 Å². The van der Waals surface area contributed by atoms with E-state index in [0.717, 1.165) is 5.56 Å². The maximum absolute atomic E-state index is 13.3. The Morgan fingerprint density at radius 1 is 0.949 bits per heavy atom. The Balaban J connectivity index is 1.67. The van der Waals surface area contributed by atoms with E-state index in [1.54, 1.807) is 86.7 Å². The minimum atomic E-state index is -0.417. The highest BCUT2D eigenvalue weighted by atomic mass is 35.5. The fourth-order valence-electron chi connectivity index (χ4n) is 3.91. The first-order valence-corrected chi connectivity index (χ1v) is 12.5. The van der Waals surface area contributed by atoms with Crippen molar-refractivity contribution in [1.82, 2.24) is 14.5 Å². The van der Waals surface area contributed by atoms with Crippen molar-refractivity contribution in [1.29, 1.82) is 0 Å². The molecule has 1 heterocycles. The molecule has 1 aromatic heterocycles. The summed E-state index contributed by atoms with van der Waals surface area (Å²) in [6.07, 6.45) is 1.80. The molecule has 0 atom stereocenters. The summed E-state index contributed by atoms with van der Waals surface area (Å²) in [5.41, 5.74) is 2.56. The summed E-state index contributed by atoms with van der Waals surface area (Å²) in [4.78, 5) is 32.5. The second-order valence-corrected chi connectivity index (χ2v) is 8.97. The lowest BCUT2D eigenvalue weighted by Gasteiger charge is -2.22. The lowest BCUT2D eigenvalue weighted by atomic mass is 10.2. The van der Waals surface area contributed by atoms with Crippen LogP contribution in [0.25, 0.3) is 16.9 Å². The molecule has 3 aromatic carbocycles. The number of carbonyl (C=O) groups excluding carboxylic acids is 2. The zero-order valence-electron chi connectivity index (χ0n) is 21.9. The third kappa shape index (κ3) is 6.95. The van der Waals surface area contributed by atoms with Crippen molar-refractivity contribution in [2.75, 3.05) is 46.3 Å². The molecular formula is C29H29ClN4O5. The van der Waals surface area contributed by atoms with Crippen LogP contribution in [0.3, 0.4) is 0 Å². The summed E-state index contributed by atoms with van der Waals surface area (Å²) in [6, 6.07) is 21.4. The second kappa shape index (κ2) is 12.9. The van der Waals surface area contributed by atoms with Gasteiger partial charge in [0.25, 0.3) is 5.91 Å². The van der Waals surface area contributed by atoms with Crippen LogP contribution in [0.15, 0.2) is 79.0 Å². The average molecular weight is 549 g/mol. The molecule has 9 nitrogen and oxygen atoms in total. The van der Waals surface area contributed by atoms with Gasteiger partial charge in [0, 0.05) is 54.2 Å². The van der Waals surface area contributed by atoms with Crippen molar-refractivity contribution in [2.45, 2.75) is 0 Å². The first kappa shape index (κ1) is 27.7. The number of aromatic nitrogens is 2. The number of rotatable bonds is 11. The third-order valence-electron chi connectivity index (χ3n) is 5.92. The molecule has 1 N–H and O–H groups in total. The molecule has 2 amide bonds. The van der Waals surface area contributed by atoms with Gasteiger partial charge < -0.3 is 19.1 Å². The molecule has 0 saturated carbocycles. The number of methoxy groups -OCH3 is 3. The number of hydrogen-bond donors (Lipinski definition) is 1. The number of imidazole rings is 1. The van der Waals surface area contributed by atoms with E-state index in [-0.39, 0.29) is 31.6 Å². The number of hydrogen-bond acceptors (Lipinski definition) is 6. The predicted molar refractivity (Wildman–Crippen MR) is 150 cm³/mol. The van der Waals surface area contributed by atoms with Gasteiger partial charge in [-0.2, -0.15) is 0 Å². The van der Waals surface area contributed by atoms with Gasteiger partial charge in [-0.25, -0.2) is 4.98 Å². The van der Waals surface area contributed by atoms with E-state index in [0.29, 0.717) is 33.5 Å². The Morgan fingerprint density at radius 3 is 2.23 bits per heavy atom. The zero-order valence-corrected chi connectivity index (χ0v) is 22.6. The van der Waals surface area contributed by atoms with Crippen LogP contribution in [0, 0.1) is 0 Å². The van der Waals surface area contributed by atoms with Crippen molar-refractivity contribution >= 4 is 29.4 Å². The van der Waals surface area contributed by atoms with Crippen LogP contribution >= 0.6 is 11.6 Å². The summed E-state index contributed by atoms with van der Waals surface area (Å²) in [5.74, 6) is 0.717. The Morgan fingerprint density at radius 2 is 1.62 bits per heavy atom. The molecule has 0 unspecified atom stereocenters. The normalized spacial score (nSPS) is 10.7. The van der Waals surface area contributed by atoms with Gasteiger partial charge >= 0.3 is 0 Å². The second-order valence-electron chi connectivity index (χ2n) is 8.53. The van der Waals surface area contributed by atoms with Gasteiger partial charge in [0.15, 0.2) is 0 Å². The minimum Gasteiger partial charge on any atom is -0.497 e. The maximum Gasteiger partial charge on any atom is 0.254 e. The Labute approximate surface area is 231 Å². The van der Waals surface area contributed by atoms with E-state index in [1.165, 1.54) is 4.90 Å². The summed E-state index contributed by atoms with van der Waals surface area (Å²) < 4.78 is 17.8. The molecule has 202 valence electrons. The highest BCUT2D eigenvalue weighted by Crippen LogP contribution is 2.30. The fraction of sp³-hybridized carbons (Fsp3) is 0.207. The minimum absolute atomic E-state index is 0.193. The number of carbonyl (C=O) groups is 2. The van der Waals surface area contributed by atoms with E-state index in [4.69, 9.17) is 25.8 Å². The van der Waals surface area contributed by atoms with Gasteiger partial charge in [0.05, 0.1) is 32.2 Å². The standard InChI is InChI=1S/C29H29ClN4O5/c1-37-14-13-33(28(36)21-7-5-4-6-8-21)19-27(35)32-29-31-26(20-9-11-22(30)12-10-20)18-34(29)23-15-24(38-2)17-25(16-23)39-3/h4-12,15-18H,13-14,19H2,1-3H3,(H,31,32,35). The summed E-state index contributed by atoms with van der Waals surface area (Å²) in [6.45, 7) is 0.335. The molecule has 10 heteroatoms. The van der Waals surface area contributed by atoms with Crippen molar-refractivity contribution in [3.05, 3.63) is 89.6 Å². The largest absolute Gasteiger partial charge is 0.497 e. The SMILES string of the molecule is COCCN(CC(=O)Nc1nc(-c2ccc(Cl)cc2)cn1-c1cc(OC)cc(OC)c1)C(=O)c1ccccc1. The van der Waals surface area contributed by atoms with Crippen molar-refractivity contribution in [3.63, 3.8) is 0 Å². The molecule has 0 radical (unpaired) electrons. The van der Waals surface area contributed by atoms with Gasteiger partial charge in [0.2, 0.25) is 11.9 Å². The zero-order chi connectivity index (χ0) is 27.8. The van der Waals surface area contributed by atoms with Gasteiger partial charge in [-0.1, -0.05) is 41.9 Å². The molecule has 0 fully saturated rings. The Hall–Kier alpha value is -4.34. The fourth-order valence-corrected chi connectivity index (χ4v) is 4.04. The highest BCUT2D eigenvalue weighted by Gasteiger charge is 2.21. The van der Waals surface area contributed by atoms with Crippen LogP contribution in [0.1, 0.15) is 10.4 Å². The van der Waals surface area contributed by atoms with Crippen molar-refractivity contribution < 1.29 is 23.8 Å². The molecule has 0 spiro atoms. The molecule has 0 aliphatic heterocycles.